The fourth-order valence-corrected chi connectivity index (χ4v) is 1.66. The van der Waals surface area contributed by atoms with Gasteiger partial charge in [-0.1, -0.05) is 31.9 Å². The van der Waals surface area contributed by atoms with E-state index in [1.807, 2.05) is 12.2 Å². The van der Waals surface area contributed by atoms with E-state index in [0.29, 0.717) is 15.7 Å². The molecule has 0 aromatic rings. The summed E-state index contributed by atoms with van der Waals surface area (Å²) in [5, 5.41) is 0. The molecule has 1 nitrogen and oxygen atoms in total. The molecule has 0 spiro atoms. The van der Waals surface area contributed by atoms with Crippen LogP contribution in [-0.4, -0.2) is 16.4 Å². The lowest BCUT2D eigenvalue weighted by Crippen LogP contribution is -2.07. The maximum absolute atomic E-state index is 5.46. The van der Waals surface area contributed by atoms with Crippen LogP contribution in [0.15, 0.2) is 25.3 Å². The summed E-state index contributed by atoms with van der Waals surface area (Å²) in [6.45, 7) is 10.3. The van der Waals surface area contributed by atoms with Crippen LogP contribution in [0.3, 0.4) is 0 Å². The molecule has 0 amide bonds. The molecule has 2 heteroatoms. The zero-order valence-corrected chi connectivity index (χ0v) is 8.88. The minimum atomic E-state index is 0.319. The monoisotopic (exact) mass is 182 g/mol. The molecule has 0 atom stereocenters. The van der Waals surface area contributed by atoms with Crippen LogP contribution >= 0.6 is 0 Å². The molecule has 0 saturated heterocycles. The first kappa shape index (κ1) is 11.7. The quantitative estimate of drug-likeness (QED) is 0.319. The van der Waals surface area contributed by atoms with E-state index in [4.69, 9.17) is 4.43 Å². The molecule has 0 aliphatic rings. The van der Waals surface area contributed by atoms with Crippen LogP contribution in [0, 0.1) is 5.92 Å². The van der Waals surface area contributed by atoms with E-state index in [1.54, 1.807) is 0 Å². The largest absolute Gasteiger partial charge is 0.417 e. The smallest absolute Gasteiger partial charge is 0.229 e. The van der Waals surface area contributed by atoms with E-state index in [-0.39, 0.29) is 0 Å². The summed E-state index contributed by atoms with van der Waals surface area (Å²) in [6.07, 6.45) is 6.27. The molecule has 0 unspecified atom stereocenters. The molecule has 0 bridgehead atoms. The zero-order valence-electron chi connectivity index (χ0n) is 7.88. The summed E-state index contributed by atoms with van der Waals surface area (Å²) in [6, 6.07) is 1.19. The first-order chi connectivity index (χ1) is 5.85. The van der Waals surface area contributed by atoms with Gasteiger partial charge in [0.1, 0.15) is 0 Å². The lowest BCUT2D eigenvalue weighted by molar-refractivity contribution is 0.312. The summed E-state index contributed by atoms with van der Waals surface area (Å²) in [4.78, 5) is 0. The van der Waals surface area contributed by atoms with Gasteiger partial charge >= 0.3 is 0 Å². The highest BCUT2D eigenvalue weighted by Gasteiger charge is 1.98. The maximum Gasteiger partial charge on any atom is 0.229 e. The predicted molar refractivity (Wildman–Crippen MR) is 55.3 cm³/mol. The van der Waals surface area contributed by atoms with Crippen molar-refractivity contribution in [1.29, 1.82) is 0 Å². The summed E-state index contributed by atoms with van der Waals surface area (Å²) < 4.78 is 5.46. The van der Waals surface area contributed by atoms with Gasteiger partial charge in [-0.15, -0.1) is 13.2 Å². The van der Waals surface area contributed by atoms with Crippen LogP contribution in [0.2, 0.25) is 6.04 Å². The summed E-state index contributed by atoms with van der Waals surface area (Å²) in [5.74, 6) is 0.319. The standard InChI is InChI=1S/C10H18OSi/c1-4-7-8-12-11-9-10(5-2)6-3/h5-6,10H,2-4,7-9H2,1H3. The Balaban J connectivity index is 3.17. The lowest BCUT2D eigenvalue weighted by atomic mass is 10.2. The molecule has 68 valence electrons. The Labute approximate surface area is 78.5 Å². The molecular formula is C10H18OSi. The van der Waals surface area contributed by atoms with Crippen molar-refractivity contribution in [3.8, 4) is 0 Å². The first-order valence-electron chi connectivity index (χ1n) is 4.44. The van der Waals surface area contributed by atoms with Crippen molar-refractivity contribution in [2.75, 3.05) is 6.61 Å². The Morgan fingerprint density at radius 1 is 1.42 bits per heavy atom. The molecule has 0 aliphatic heterocycles. The van der Waals surface area contributed by atoms with Gasteiger partial charge in [0.05, 0.1) is 0 Å². The first-order valence-corrected chi connectivity index (χ1v) is 5.56. The van der Waals surface area contributed by atoms with E-state index in [9.17, 15) is 0 Å². The number of unbranched alkanes of at least 4 members (excludes halogenated alkanes) is 1. The van der Waals surface area contributed by atoms with Crippen molar-refractivity contribution in [3.05, 3.63) is 25.3 Å². The van der Waals surface area contributed by atoms with Crippen molar-refractivity contribution in [2.45, 2.75) is 25.8 Å². The number of hydrogen-bond donors (Lipinski definition) is 0. The number of rotatable bonds is 8. The second-order valence-corrected chi connectivity index (χ2v) is 3.77. The minimum Gasteiger partial charge on any atom is -0.417 e. The molecule has 0 heterocycles. The highest BCUT2D eigenvalue weighted by atomic mass is 28.2. The second kappa shape index (κ2) is 8.75. The maximum atomic E-state index is 5.46. The second-order valence-electron chi connectivity index (χ2n) is 2.69. The topological polar surface area (TPSA) is 9.23 Å². The normalized spacial score (nSPS) is 10.2. The molecule has 0 fully saturated rings. The van der Waals surface area contributed by atoms with E-state index in [2.05, 4.69) is 20.1 Å². The molecule has 0 N–H and O–H groups in total. The molecule has 0 aromatic carbocycles. The van der Waals surface area contributed by atoms with Crippen LogP contribution in [0.1, 0.15) is 19.8 Å². The zero-order chi connectivity index (χ0) is 9.23. The van der Waals surface area contributed by atoms with Crippen molar-refractivity contribution in [2.24, 2.45) is 5.92 Å². The fourth-order valence-electron chi connectivity index (χ4n) is 0.709. The highest BCUT2D eigenvalue weighted by molar-refractivity contribution is 6.26. The molecular weight excluding hydrogens is 164 g/mol. The average molecular weight is 182 g/mol. The van der Waals surface area contributed by atoms with Gasteiger partial charge in [-0.05, 0) is 6.04 Å². The molecule has 0 aliphatic carbocycles. The molecule has 0 rings (SSSR count). The minimum absolute atomic E-state index is 0.319. The van der Waals surface area contributed by atoms with Crippen LogP contribution in [0.5, 0.6) is 0 Å². The van der Waals surface area contributed by atoms with Gasteiger partial charge in [0.25, 0.3) is 0 Å². The lowest BCUT2D eigenvalue weighted by Gasteiger charge is -2.06. The average Bonchev–Trinajstić information content (AvgIpc) is 2.11. The van der Waals surface area contributed by atoms with Crippen molar-refractivity contribution in [3.63, 3.8) is 0 Å². The van der Waals surface area contributed by atoms with E-state index < -0.39 is 0 Å². The highest BCUT2D eigenvalue weighted by Crippen LogP contribution is 2.00. The molecule has 2 radical (unpaired) electrons. The van der Waals surface area contributed by atoms with Crippen LogP contribution < -0.4 is 0 Å². The van der Waals surface area contributed by atoms with E-state index in [0.717, 1.165) is 6.61 Å². The SMILES string of the molecule is C=CC(C=C)CO[Si]CCCC. The molecule has 12 heavy (non-hydrogen) atoms. The van der Waals surface area contributed by atoms with E-state index in [1.165, 1.54) is 18.9 Å². The van der Waals surface area contributed by atoms with Crippen LogP contribution in [0.25, 0.3) is 0 Å². The Hall–Kier alpha value is -0.343. The third-order valence-corrected chi connectivity index (χ3v) is 2.54. The Kier molecular flexibility index (Phi) is 8.50. The van der Waals surface area contributed by atoms with Gasteiger partial charge in [0.15, 0.2) is 0 Å². The number of hydrogen-bond acceptors (Lipinski definition) is 1. The summed E-state index contributed by atoms with van der Waals surface area (Å²) in [5.41, 5.74) is 0. The van der Waals surface area contributed by atoms with Crippen LogP contribution in [0.4, 0.5) is 0 Å². The predicted octanol–water partition coefficient (Wildman–Crippen LogP) is 2.83. The van der Waals surface area contributed by atoms with Gasteiger partial charge in [-0.2, -0.15) is 0 Å². The Bertz CT molecular complexity index is 115. The van der Waals surface area contributed by atoms with Crippen LogP contribution in [-0.2, 0) is 4.43 Å². The Morgan fingerprint density at radius 3 is 2.58 bits per heavy atom. The van der Waals surface area contributed by atoms with Crippen molar-refractivity contribution >= 4 is 9.76 Å². The summed E-state index contributed by atoms with van der Waals surface area (Å²) in [7, 11) is 0.642. The fraction of sp³-hybridized carbons (Fsp3) is 0.600. The van der Waals surface area contributed by atoms with Gasteiger partial charge in [-0.3, -0.25) is 0 Å². The van der Waals surface area contributed by atoms with Gasteiger partial charge in [0, 0.05) is 12.5 Å². The van der Waals surface area contributed by atoms with Gasteiger partial charge in [0.2, 0.25) is 9.76 Å². The van der Waals surface area contributed by atoms with E-state index >= 15 is 0 Å². The van der Waals surface area contributed by atoms with Crippen molar-refractivity contribution in [1.82, 2.24) is 0 Å². The molecule has 0 aromatic heterocycles. The molecule has 0 saturated carbocycles. The van der Waals surface area contributed by atoms with Crippen molar-refractivity contribution < 1.29 is 4.43 Å². The third kappa shape index (κ3) is 6.37. The summed E-state index contributed by atoms with van der Waals surface area (Å²) >= 11 is 0. The third-order valence-electron chi connectivity index (χ3n) is 1.62. The van der Waals surface area contributed by atoms with Gasteiger partial charge < -0.3 is 4.43 Å². The van der Waals surface area contributed by atoms with Gasteiger partial charge in [-0.25, -0.2) is 0 Å². The Morgan fingerprint density at radius 2 is 2.08 bits per heavy atom.